The first-order chi connectivity index (χ1) is 9.08. The number of likely N-dealkylation sites (tertiary alicyclic amines) is 1. The number of nitrogens with two attached hydrogens (primary N) is 1. The second-order valence-electron chi connectivity index (χ2n) is 5.69. The fourth-order valence-corrected chi connectivity index (χ4v) is 2.39. The van der Waals surface area contributed by atoms with Crippen LogP contribution in [0.4, 0.5) is 0 Å². The first kappa shape index (κ1) is 16.4. The quantitative estimate of drug-likeness (QED) is 0.623. The van der Waals surface area contributed by atoms with Crippen molar-refractivity contribution in [2.75, 3.05) is 26.2 Å². The molecule has 19 heavy (non-hydrogen) atoms. The summed E-state index contributed by atoms with van der Waals surface area (Å²) in [6.07, 6.45) is 3.92. The fourth-order valence-electron chi connectivity index (χ4n) is 2.39. The van der Waals surface area contributed by atoms with Crippen LogP contribution in [-0.2, 0) is 4.79 Å². The molecule has 1 amide bonds. The predicted molar refractivity (Wildman–Crippen MR) is 76.7 cm³/mol. The van der Waals surface area contributed by atoms with Crippen molar-refractivity contribution in [3.05, 3.63) is 0 Å². The molecule has 1 aliphatic rings. The molecule has 4 N–H and O–H groups in total. The average Bonchev–Trinajstić information content (AvgIpc) is 2.46. The molecule has 0 aromatic carbocycles. The summed E-state index contributed by atoms with van der Waals surface area (Å²) < 4.78 is 0. The molecule has 0 radical (unpaired) electrons. The van der Waals surface area contributed by atoms with Gasteiger partial charge in [-0.05, 0) is 32.1 Å². The van der Waals surface area contributed by atoms with Crippen molar-refractivity contribution in [2.45, 2.75) is 51.6 Å². The SMILES string of the molecule is CC(CO)C(C)NC(CN)CC(=O)N1CCCCC1. The maximum Gasteiger partial charge on any atom is 0.224 e. The van der Waals surface area contributed by atoms with Gasteiger partial charge in [-0.25, -0.2) is 0 Å². The van der Waals surface area contributed by atoms with Gasteiger partial charge in [0, 0.05) is 44.7 Å². The Morgan fingerprint density at radius 1 is 1.32 bits per heavy atom. The predicted octanol–water partition coefficient (Wildman–Crippen LogP) is 0.323. The van der Waals surface area contributed by atoms with Crippen LogP contribution in [0.25, 0.3) is 0 Å². The van der Waals surface area contributed by atoms with Crippen LogP contribution in [0.5, 0.6) is 0 Å². The highest BCUT2D eigenvalue weighted by molar-refractivity contribution is 5.76. The zero-order valence-corrected chi connectivity index (χ0v) is 12.3. The van der Waals surface area contributed by atoms with Crippen molar-refractivity contribution in [1.29, 1.82) is 0 Å². The number of carbonyl (C=O) groups is 1. The van der Waals surface area contributed by atoms with Crippen LogP contribution in [0, 0.1) is 5.92 Å². The Morgan fingerprint density at radius 3 is 2.47 bits per heavy atom. The van der Waals surface area contributed by atoms with Crippen molar-refractivity contribution < 1.29 is 9.90 Å². The van der Waals surface area contributed by atoms with Gasteiger partial charge in [0.25, 0.3) is 0 Å². The van der Waals surface area contributed by atoms with E-state index in [2.05, 4.69) is 5.32 Å². The van der Waals surface area contributed by atoms with Crippen molar-refractivity contribution in [2.24, 2.45) is 11.7 Å². The van der Waals surface area contributed by atoms with Gasteiger partial charge in [0.05, 0.1) is 0 Å². The number of rotatable bonds is 7. The van der Waals surface area contributed by atoms with E-state index < -0.39 is 0 Å². The molecule has 0 spiro atoms. The summed E-state index contributed by atoms with van der Waals surface area (Å²) in [6, 6.07) is 0.158. The molecule has 0 aromatic rings. The molecule has 1 aliphatic heterocycles. The number of nitrogens with one attached hydrogen (secondary N) is 1. The lowest BCUT2D eigenvalue weighted by Gasteiger charge is -2.30. The van der Waals surface area contributed by atoms with Crippen molar-refractivity contribution in [1.82, 2.24) is 10.2 Å². The molecule has 1 heterocycles. The number of aliphatic hydroxyl groups is 1. The van der Waals surface area contributed by atoms with Crippen molar-refractivity contribution in [3.8, 4) is 0 Å². The van der Waals surface area contributed by atoms with Gasteiger partial charge in [-0.3, -0.25) is 4.79 Å². The first-order valence-electron chi connectivity index (χ1n) is 7.43. The lowest BCUT2D eigenvalue weighted by Crippen LogP contribution is -2.48. The Hall–Kier alpha value is -0.650. The lowest BCUT2D eigenvalue weighted by atomic mass is 10.0. The maximum atomic E-state index is 12.2. The second kappa shape index (κ2) is 8.51. The number of piperidine rings is 1. The zero-order valence-electron chi connectivity index (χ0n) is 12.3. The van der Waals surface area contributed by atoms with E-state index in [1.807, 2.05) is 18.7 Å². The first-order valence-corrected chi connectivity index (χ1v) is 7.43. The second-order valence-corrected chi connectivity index (χ2v) is 5.69. The maximum absolute atomic E-state index is 12.2. The van der Waals surface area contributed by atoms with E-state index in [0.29, 0.717) is 13.0 Å². The van der Waals surface area contributed by atoms with E-state index in [4.69, 9.17) is 10.8 Å². The number of aliphatic hydroxyl groups excluding tert-OH is 1. The minimum atomic E-state index is -0.00146. The fraction of sp³-hybridized carbons (Fsp3) is 0.929. The summed E-state index contributed by atoms with van der Waals surface area (Å²) >= 11 is 0. The van der Waals surface area contributed by atoms with Crippen molar-refractivity contribution in [3.63, 3.8) is 0 Å². The summed E-state index contributed by atoms with van der Waals surface area (Å²) in [4.78, 5) is 14.1. The van der Waals surface area contributed by atoms with E-state index in [9.17, 15) is 4.79 Å². The van der Waals surface area contributed by atoms with Gasteiger partial charge >= 0.3 is 0 Å². The highest BCUT2D eigenvalue weighted by atomic mass is 16.3. The molecule has 5 heteroatoms. The molecule has 5 nitrogen and oxygen atoms in total. The third kappa shape index (κ3) is 5.47. The van der Waals surface area contributed by atoms with Crippen LogP contribution >= 0.6 is 0 Å². The molecule has 1 saturated heterocycles. The smallest absolute Gasteiger partial charge is 0.224 e. The number of nitrogens with zero attached hydrogens (tertiary/aromatic N) is 1. The molecule has 112 valence electrons. The minimum absolute atomic E-state index is 0.00146. The van der Waals surface area contributed by atoms with Crippen LogP contribution < -0.4 is 11.1 Å². The van der Waals surface area contributed by atoms with E-state index in [1.165, 1.54) is 6.42 Å². The van der Waals surface area contributed by atoms with Crippen LogP contribution in [0.2, 0.25) is 0 Å². The molecule has 0 aromatic heterocycles. The molecule has 3 atom stereocenters. The van der Waals surface area contributed by atoms with Gasteiger partial charge in [0.2, 0.25) is 5.91 Å². The van der Waals surface area contributed by atoms with E-state index in [0.717, 1.165) is 25.9 Å². The van der Waals surface area contributed by atoms with Gasteiger partial charge in [-0.2, -0.15) is 0 Å². The standard InChI is InChI=1S/C14H29N3O2/c1-11(10-18)12(2)16-13(9-15)8-14(19)17-6-4-3-5-7-17/h11-13,16,18H,3-10,15H2,1-2H3. The number of hydrogen-bond donors (Lipinski definition) is 3. The Labute approximate surface area is 116 Å². The monoisotopic (exact) mass is 271 g/mol. The number of carbonyl (C=O) groups excluding carboxylic acids is 1. The Balaban J connectivity index is 2.40. The molecule has 1 fully saturated rings. The molecule has 0 aliphatic carbocycles. The van der Waals surface area contributed by atoms with E-state index in [-0.39, 0.29) is 30.5 Å². The Kier molecular flexibility index (Phi) is 7.34. The van der Waals surface area contributed by atoms with Gasteiger partial charge in [-0.15, -0.1) is 0 Å². The van der Waals surface area contributed by atoms with Crippen LogP contribution in [0.15, 0.2) is 0 Å². The number of hydrogen-bond acceptors (Lipinski definition) is 4. The van der Waals surface area contributed by atoms with Gasteiger partial charge in [-0.1, -0.05) is 6.92 Å². The van der Waals surface area contributed by atoms with Gasteiger partial charge in [0.1, 0.15) is 0 Å². The Morgan fingerprint density at radius 2 is 1.95 bits per heavy atom. The third-order valence-corrected chi connectivity index (χ3v) is 4.05. The van der Waals surface area contributed by atoms with Gasteiger partial charge < -0.3 is 21.1 Å². The summed E-state index contributed by atoms with van der Waals surface area (Å²) in [5.41, 5.74) is 5.74. The van der Waals surface area contributed by atoms with E-state index >= 15 is 0 Å². The van der Waals surface area contributed by atoms with Crippen LogP contribution in [0.1, 0.15) is 39.5 Å². The summed E-state index contributed by atoms with van der Waals surface area (Å²) in [5.74, 6) is 0.366. The summed E-state index contributed by atoms with van der Waals surface area (Å²) in [7, 11) is 0. The zero-order chi connectivity index (χ0) is 14.3. The minimum Gasteiger partial charge on any atom is -0.396 e. The topological polar surface area (TPSA) is 78.6 Å². The average molecular weight is 271 g/mol. The third-order valence-electron chi connectivity index (χ3n) is 4.05. The van der Waals surface area contributed by atoms with Crippen LogP contribution in [0.3, 0.4) is 0 Å². The molecular weight excluding hydrogens is 242 g/mol. The highest BCUT2D eigenvalue weighted by Gasteiger charge is 2.22. The van der Waals surface area contributed by atoms with Crippen LogP contribution in [-0.4, -0.2) is 54.2 Å². The highest BCUT2D eigenvalue weighted by Crippen LogP contribution is 2.11. The normalized spacial score (nSPS) is 20.9. The molecule has 0 bridgehead atoms. The largest absolute Gasteiger partial charge is 0.396 e. The molecule has 1 rings (SSSR count). The lowest BCUT2D eigenvalue weighted by molar-refractivity contribution is -0.132. The Bertz CT molecular complexity index is 267. The van der Waals surface area contributed by atoms with Crippen molar-refractivity contribution >= 4 is 5.91 Å². The molecular formula is C14H29N3O2. The van der Waals surface area contributed by atoms with Gasteiger partial charge in [0.15, 0.2) is 0 Å². The summed E-state index contributed by atoms with van der Waals surface area (Å²) in [5, 5.41) is 12.5. The number of amides is 1. The molecule has 0 saturated carbocycles. The summed E-state index contributed by atoms with van der Waals surface area (Å²) in [6.45, 7) is 6.37. The van der Waals surface area contributed by atoms with E-state index in [1.54, 1.807) is 0 Å². The molecule has 3 unspecified atom stereocenters.